The lowest BCUT2D eigenvalue weighted by atomic mass is 10.1. The van der Waals surface area contributed by atoms with Crippen molar-refractivity contribution in [3.8, 4) is 5.75 Å². The molecule has 1 unspecified atom stereocenters. The summed E-state index contributed by atoms with van der Waals surface area (Å²) in [5, 5.41) is 2.53. The summed E-state index contributed by atoms with van der Waals surface area (Å²) in [6, 6.07) is 14.3. The lowest BCUT2D eigenvalue weighted by Crippen LogP contribution is -2.39. The van der Waals surface area contributed by atoms with Crippen LogP contribution >= 0.6 is 0 Å². The molecule has 124 valence electrons. The molecule has 2 aromatic rings. The first-order valence-corrected chi connectivity index (χ1v) is 7.35. The van der Waals surface area contributed by atoms with Gasteiger partial charge in [0.25, 0.3) is 5.91 Å². The van der Waals surface area contributed by atoms with E-state index >= 15 is 0 Å². The van der Waals surface area contributed by atoms with Crippen LogP contribution in [0.5, 0.6) is 5.75 Å². The number of hydrogen-bond donors (Lipinski definition) is 2. The van der Waals surface area contributed by atoms with E-state index < -0.39 is 17.9 Å². The molecule has 6 heteroatoms. The topological polar surface area (TPSA) is 98.5 Å². The minimum absolute atomic E-state index is 0.0947. The number of benzene rings is 2. The number of nitrogens with two attached hydrogens (primary N) is 1. The molecule has 0 spiro atoms. The van der Waals surface area contributed by atoms with E-state index in [0.717, 1.165) is 0 Å². The van der Waals surface area contributed by atoms with E-state index in [1.54, 1.807) is 54.6 Å². The second-order valence-electron chi connectivity index (χ2n) is 5.19. The minimum atomic E-state index is -0.925. The summed E-state index contributed by atoms with van der Waals surface area (Å²) in [7, 11) is 0. The molecule has 2 rings (SSSR count). The first-order chi connectivity index (χ1) is 11.5. The van der Waals surface area contributed by atoms with Crippen LogP contribution in [0.1, 0.15) is 28.9 Å². The Bertz CT molecular complexity index is 744. The van der Waals surface area contributed by atoms with Gasteiger partial charge in [0, 0.05) is 5.56 Å². The quantitative estimate of drug-likeness (QED) is 0.755. The van der Waals surface area contributed by atoms with Gasteiger partial charge in [-0.05, 0) is 24.6 Å². The third-order valence-corrected chi connectivity index (χ3v) is 3.33. The first kappa shape index (κ1) is 17.2. The Balaban J connectivity index is 1.98. The van der Waals surface area contributed by atoms with E-state index in [9.17, 15) is 14.4 Å². The van der Waals surface area contributed by atoms with E-state index in [1.807, 2.05) is 0 Å². The Labute approximate surface area is 139 Å². The number of ketones is 1. The number of Topliss-reactive ketones (excluding diaryl/α,β-unsaturated/α-hetero) is 1. The van der Waals surface area contributed by atoms with Gasteiger partial charge in [0.2, 0.25) is 5.91 Å². The fourth-order valence-electron chi connectivity index (χ4n) is 2.12. The summed E-state index contributed by atoms with van der Waals surface area (Å²) in [6.07, 6.45) is 0. The van der Waals surface area contributed by atoms with Gasteiger partial charge >= 0.3 is 0 Å². The van der Waals surface area contributed by atoms with E-state index in [4.69, 9.17) is 10.5 Å². The van der Waals surface area contributed by atoms with Crippen molar-refractivity contribution < 1.29 is 19.1 Å². The summed E-state index contributed by atoms with van der Waals surface area (Å²) in [5.74, 6) is -0.847. The van der Waals surface area contributed by atoms with E-state index in [1.165, 1.54) is 6.92 Å². The zero-order valence-corrected chi connectivity index (χ0v) is 13.2. The molecule has 0 saturated heterocycles. The summed E-state index contributed by atoms with van der Waals surface area (Å²) >= 11 is 0. The van der Waals surface area contributed by atoms with Gasteiger partial charge in [-0.2, -0.15) is 0 Å². The zero-order chi connectivity index (χ0) is 17.5. The second-order valence-corrected chi connectivity index (χ2v) is 5.19. The van der Waals surface area contributed by atoms with Crippen LogP contribution in [0.3, 0.4) is 0 Å². The Morgan fingerprint density at radius 2 is 1.79 bits per heavy atom. The molecule has 2 amide bonds. The van der Waals surface area contributed by atoms with Crippen molar-refractivity contribution >= 4 is 17.6 Å². The van der Waals surface area contributed by atoms with Gasteiger partial charge in [-0.25, -0.2) is 0 Å². The van der Waals surface area contributed by atoms with Crippen molar-refractivity contribution in [2.24, 2.45) is 5.73 Å². The average Bonchev–Trinajstić information content (AvgIpc) is 2.58. The highest BCUT2D eigenvalue weighted by Crippen LogP contribution is 2.14. The number of hydrogen-bond acceptors (Lipinski definition) is 4. The van der Waals surface area contributed by atoms with Crippen LogP contribution < -0.4 is 15.8 Å². The molecule has 2 aromatic carbocycles. The zero-order valence-electron chi connectivity index (χ0n) is 13.2. The average molecular weight is 326 g/mol. The Morgan fingerprint density at radius 3 is 2.42 bits per heavy atom. The van der Waals surface area contributed by atoms with Crippen molar-refractivity contribution in [3.05, 3.63) is 65.7 Å². The molecule has 0 aliphatic heterocycles. The van der Waals surface area contributed by atoms with Crippen LogP contribution in [0.15, 0.2) is 54.6 Å². The summed E-state index contributed by atoms with van der Waals surface area (Å²) in [6.45, 7) is 1.15. The minimum Gasteiger partial charge on any atom is -0.484 e. The number of amides is 2. The first-order valence-electron chi connectivity index (χ1n) is 7.35. The van der Waals surface area contributed by atoms with Crippen molar-refractivity contribution in [1.82, 2.24) is 5.32 Å². The molecule has 0 aromatic heterocycles. The van der Waals surface area contributed by atoms with Gasteiger partial charge in [0.05, 0.1) is 0 Å². The van der Waals surface area contributed by atoms with Crippen molar-refractivity contribution in [2.45, 2.75) is 13.0 Å². The molecule has 0 aliphatic rings. The van der Waals surface area contributed by atoms with Crippen molar-refractivity contribution in [2.75, 3.05) is 6.61 Å². The molecular weight excluding hydrogens is 308 g/mol. The van der Waals surface area contributed by atoms with Gasteiger partial charge < -0.3 is 15.8 Å². The number of carbonyl (C=O) groups excluding carboxylic acids is 3. The van der Waals surface area contributed by atoms with Crippen molar-refractivity contribution in [3.63, 3.8) is 0 Å². The molecule has 0 heterocycles. The van der Waals surface area contributed by atoms with Crippen LogP contribution in [0.2, 0.25) is 0 Å². The summed E-state index contributed by atoms with van der Waals surface area (Å²) in [4.78, 5) is 34.9. The van der Waals surface area contributed by atoms with Crippen molar-refractivity contribution in [1.29, 1.82) is 0 Å². The smallest absolute Gasteiger partial charge is 0.258 e. The second kappa shape index (κ2) is 7.92. The molecule has 0 fully saturated rings. The summed E-state index contributed by atoms with van der Waals surface area (Å²) in [5.41, 5.74) is 6.43. The van der Waals surface area contributed by atoms with Crippen LogP contribution in [-0.2, 0) is 9.59 Å². The number of nitrogens with one attached hydrogen (secondary N) is 1. The predicted molar refractivity (Wildman–Crippen MR) is 88.5 cm³/mol. The third kappa shape index (κ3) is 4.67. The molecule has 6 nitrogen and oxygen atoms in total. The van der Waals surface area contributed by atoms with E-state index in [-0.39, 0.29) is 12.4 Å². The van der Waals surface area contributed by atoms with Crippen LogP contribution in [0.25, 0.3) is 0 Å². The number of carbonyl (C=O) groups is 3. The van der Waals surface area contributed by atoms with Gasteiger partial charge in [-0.15, -0.1) is 0 Å². The van der Waals surface area contributed by atoms with Crippen LogP contribution in [0, 0.1) is 0 Å². The normalized spacial score (nSPS) is 11.4. The third-order valence-electron chi connectivity index (χ3n) is 3.33. The van der Waals surface area contributed by atoms with Gasteiger partial charge in [-0.3, -0.25) is 14.4 Å². The Kier molecular flexibility index (Phi) is 5.68. The Hall–Kier alpha value is -3.15. The maximum absolute atomic E-state index is 12.0. The van der Waals surface area contributed by atoms with Crippen LogP contribution in [0.4, 0.5) is 0 Å². The molecule has 3 N–H and O–H groups in total. The highest BCUT2D eigenvalue weighted by molar-refractivity contribution is 5.94. The highest BCUT2D eigenvalue weighted by Gasteiger charge is 2.20. The maximum Gasteiger partial charge on any atom is 0.258 e. The molecule has 0 radical (unpaired) electrons. The molecule has 24 heavy (non-hydrogen) atoms. The van der Waals surface area contributed by atoms with E-state index in [2.05, 4.69) is 5.32 Å². The fraction of sp³-hybridized carbons (Fsp3) is 0.167. The van der Waals surface area contributed by atoms with Crippen LogP contribution in [-0.4, -0.2) is 24.2 Å². The molecular formula is C18H18N2O4. The van der Waals surface area contributed by atoms with Gasteiger partial charge in [0.15, 0.2) is 12.4 Å². The number of primary amides is 1. The molecule has 0 aliphatic carbocycles. The fourth-order valence-corrected chi connectivity index (χ4v) is 2.12. The van der Waals surface area contributed by atoms with Gasteiger partial charge in [0.1, 0.15) is 11.8 Å². The molecule has 1 atom stereocenters. The Morgan fingerprint density at radius 1 is 1.08 bits per heavy atom. The molecule has 0 saturated carbocycles. The largest absolute Gasteiger partial charge is 0.484 e. The summed E-state index contributed by atoms with van der Waals surface area (Å²) < 4.78 is 5.36. The lowest BCUT2D eigenvalue weighted by molar-refractivity contribution is -0.128. The molecule has 0 bridgehead atoms. The standard InChI is InChI=1S/C18H18N2O4/c1-12(21)14-8-5-9-15(10-14)24-11-16(22)20-17(18(19)23)13-6-3-2-4-7-13/h2-10,17H,11H2,1H3,(H2,19,23)(H,20,22). The lowest BCUT2D eigenvalue weighted by Gasteiger charge is -2.16. The number of ether oxygens (including phenoxy) is 1. The highest BCUT2D eigenvalue weighted by atomic mass is 16.5. The van der Waals surface area contributed by atoms with Gasteiger partial charge in [-0.1, -0.05) is 42.5 Å². The monoisotopic (exact) mass is 326 g/mol. The maximum atomic E-state index is 12.0. The SMILES string of the molecule is CC(=O)c1cccc(OCC(=O)NC(C(N)=O)c2ccccc2)c1. The number of rotatable bonds is 7. The van der Waals surface area contributed by atoms with E-state index in [0.29, 0.717) is 16.9 Å². The predicted octanol–water partition coefficient (Wildman–Crippen LogP) is 1.61.